The fourth-order valence-electron chi connectivity index (χ4n) is 1.98. The Bertz CT molecular complexity index is 480. The maximum atomic E-state index is 12.2. The van der Waals surface area contributed by atoms with Crippen LogP contribution in [0.1, 0.15) is 23.3 Å². The average molecular weight is 270 g/mol. The molecule has 1 aromatic heterocycles. The number of hydrogen-bond donors (Lipinski definition) is 0. The van der Waals surface area contributed by atoms with Crippen molar-refractivity contribution in [3.8, 4) is 0 Å². The van der Waals surface area contributed by atoms with Crippen LogP contribution in [0.15, 0.2) is 12.4 Å². The van der Waals surface area contributed by atoms with Crippen LogP contribution in [0.2, 0.25) is 5.15 Å². The van der Waals surface area contributed by atoms with E-state index in [1.807, 2.05) is 0 Å². The number of amides is 1. The average Bonchev–Trinajstić information content (AvgIpc) is 2.86. The molecule has 1 aliphatic heterocycles. The van der Waals surface area contributed by atoms with Gasteiger partial charge in [-0.3, -0.25) is 9.78 Å². The van der Waals surface area contributed by atoms with Gasteiger partial charge >= 0.3 is 5.97 Å². The van der Waals surface area contributed by atoms with Gasteiger partial charge in [0.15, 0.2) is 0 Å². The molecule has 2 heterocycles. The van der Waals surface area contributed by atoms with Crippen LogP contribution in [0.25, 0.3) is 0 Å². The van der Waals surface area contributed by atoms with Crippen molar-refractivity contribution in [1.29, 1.82) is 0 Å². The molecule has 1 aliphatic rings. The summed E-state index contributed by atoms with van der Waals surface area (Å²) < 4.78 is 4.68. The lowest BCUT2D eigenvalue weighted by Crippen LogP contribution is -2.41. The van der Waals surface area contributed by atoms with Crippen molar-refractivity contribution >= 4 is 23.5 Å². The molecule has 0 saturated carbocycles. The maximum absolute atomic E-state index is 12.2. The van der Waals surface area contributed by atoms with Crippen LogP contribution < -0.4 is 0 Å². The number of nitrogens with zero attached hydrogens (tertiary/aromatic N) is 3. The molecule has 0 spiro atoms. The molecule has 7 heteroatoms. The smallest absolute Gasteiger partial charge is 0.328 e. The van der Waals surface area contributed by atoms with E-state index in [2.05, 4.69) is 14.7 Å². The summed E-state index contributed by atoms with van der Waals surface area (Å²) in [4.78, 5) is 32.9. The Kier molecular flexibility index (Phi) is 3.76. The minimum absolute atomic E-state index is 0.137. The van der Waals surface area contributed by atoms with Crippen molar-refractivity contribution in [3.63, 3.8) is 0 Å². The van der Waals surface area contributed by atoms with E-state index in [4.69, 9.17) is 11.6 Å². The topological polar surface area (TPSA) is 72.4 Å². The predicted molar refractivity (Wildman–Crippen MR) is 63.1 cm³/mol. The number of rotatable bonds is 2. The van der Waals surface area contributed by atoms with Gasteiger partial charge in [0.25, 0.3) is 5.91 Å². The molecule has 1 atom stereocenters. The molecule has 18 heavy (non-hydrogen) atoms. The molecule has 0 bridgehead atoms. The third-order valence-corrected chi connectivity index (χ3v) is 2.99. The number of carbonyl (C=O) groups excluding carboxylic acids is 2. The Morgan fingerprint density at radius 2 is 2.28 bits per heavy atom. The van der Waals surface area contributed by atoms with Gasteiger partial charge in [-0.15, -0.1) is 0 Å². The first-order chi connectivity index (χ1) is 8.63. The van der Waals surface area contributed by atoms with Crippen LogP contribution >= 0.6 is 11.6 Å². The summed E-state index contributed by atoms with van der Waals surface area (Å²) in [5.74, 6) is -0.756. The highest BCUT2D eigenvalue weighted by Gasteiger charge is 2.35. The molecule has 0 aliphatic carbocycles. The van der Waals surface area contributed by atoms with Crippen molar-refractivity contribution in [2.45, 2.75) is 18.9 Å². The lowest BCUT2D eigenvalue weighted by atomic mass is 10.2. The lowest BCUT2D eigenvalue weighted by Gasteiger charge is -2.21. The quantitative estimate of drug-likeness (QED) is 0.746. The molecule has 96 valence electrons. The monoisotopic (exact) mass is 269 g/mol. The summed E-state index contributed by atoms with van der Waals surface area (Å²) in [6.07, 6.45) is 4.05. The number of halogens is 1. The van der Waals surface area contributed by atoms with E-state index in [1.165, 1.54) is 24.4 Å². The molecule has 0 N–H and O–H groups in total. The molecule has 0 aromatic carbocycles. The van der Waals surface area contributed by atoms with Crippen molar-refractivity contribution in [2.24, 2.45) is 0 Å². The van der Waals surface area contributed by atoms with Crippen molar-refractivity contribution < 1.29 is 14.3 Å². The van der Waals surface area contributed by atoms with E-state index in [0.29, 0.717) is 13.0 Å². The van der Waals surface area contributed by atoms with Gasteiger partial charge in [-0.05, 0) is 12.8 Å². The van der Waals surface area contributed by atoms with Crippen LogP contribution in [0.3, 0.4) is 0 Å². The summed E-state index contributed by atoms with van der Waals surface area (Å²) in [7, 11) is 1.31. The maximum Gasteiger partial charge on any atom is 0.328 e. The zero-order valence-electron chi connectivity index (χ0n) is 9.80. The van der Waals surface area contributed by atoms with E-state index in [1.54, 1.807) is 0 Å². The minimum atomic E-state index is -0.539. The van der Waals surface area contributed by atoms with Crippen molar-refractivity contribution in [2.75, 3.05) is 13.7 Å². The number of aromatic nitrogens is 2. The van der Waals surface area contributed by atoms with Gasteiger partial charge in [-0.1, -0.05) is 11.6 Å². The number of carbonyl (C=O) groups is 2. The van der Waals surface area contributed by atoms with Gasteiger partial charge in [-0.2, -0.15) is 0 Å². The molecule has 6 nitrogen and oxygen atoms in total. The molecule has 0 radical (unpaired) electrons. The second kappa shape index (κ2) is 5.30. The van der Waals surface area contributed by atoms with Crippen LogP contribution in [0.5, 0.6) is 0 Å². The van der Waals surface area contributed by atoms with Crippen molar-refractivity contribution in [3.05, 3.63) is 23.2 Å². The molecular weight excluding hydrogens is 258 g/mol. The predicted octanol–water partition coefficient (Wildman–Crippen LogP) is 0.908. The van der Waals surface area contributed by atoms with Crippen LogP contribution in [0.4, 0.5) is 0 Å². The normalized spacial score (nSPS) is 18.8. The van der Waals surface area contributed by atoms with Gasteiger partial charge in [0.05, 0.1) is 19.5 Å². The van der Waals surface area contributed by atoms with Gasteiger partial charge in [0, 0.05) is 6.54 Å². The Morgan fingerprint density at radius 3 is 2.94 bits per heavy atom. The first-order valence-corrected chi connectivity index (χ1v) is 5.87. The second-order valence-corrected chi connectivity index (χ2v) is 4.29. The lowest BCUT2D eigenvalue weighted by molar-refractivity contribution is -0.145. The van der Waals surface area contributed by atoms with Crippen LogP contribution in [0, 0.1) is 0 Å². The largest absolute Gasteiger partial charge is 0.467 e. The van der Waals surface area contributed by atoms with Crippen LogP contribution in [-0.4, -0.2) is 46.4 Å². The van der Waals surface area contributed by atoms with E-state index >= 15 is 0 Å². The number of hydrogen-bond acceptors (Lipinski definition) is 5. The Labute approximate surface area is 109 Å². The molecule has 1 fully saturated rings. The molecular formula is C11H12ClN3O3. The van der Waals surface area contributed by atoms with Crippen molar-refractivity contribution in [1.82, 2.24) is 14.9 Å². The van der Waals surface area contributed by atoms with Crippen LogP contribution in [-0.2, 0) is 9.53 Å². The van der Waals surface area contributed by atoms with Gasteiger partial charge in [0.1, 0.15) is 16.9 Å². The Hall–Kier alpha value is -1.69. The first-order valence-electron chi connectivity index (χ1n) is 5.50. The Morgan fingerprint density at radius 1 is 1.50 bits per heavy atom. The van der Waals surface area contributed by atoms with Gasteiger partial charge in [-0.25, -0.2) is 9.78 Å². The highest BCUT2D eigenvalue weighted by atomic mass is 35.5. The summed E-state index contributed by atoms with van der Waals surface area (Å²) >= 11 is 5.69. The third-order valence-electron chi connectivity index (χ3n) is 2.81. The highest BCUT2D eigenvalue weighted by Crippen LogP contribution is 2.20. The first kappa shape index (κ1) is 12.8. The van der Waals surface area contributed by atoms with E-state index in [0.717, 1.165) is 6.42 Å². The number of likely N-dealkylation sites (tertiary alicyclic amines) is 1. The highest BCUT2D eigenvalue weighted by molar-refractivity contribution is 6.29. The summed E-state index contributed by atoms with van der Waals surface area (Å²) in [5, 5.41) is 0.148. The van der Waals surface area contributed by atoms with Gasteiger partial charge < -0.3 is 9.64 Å². The zero-order valence-corrected chi connectivity index (χ0v) is 10.6. The summed E-state index contributed by atoms with van der Waals surface area (Å²) in [6.45, 7) is 0.507. The standard InChI is InChI=1S/C11H12ClN3O3/c1-18-11(17)8-3-2-4-15(8)10(16)7-5-13-6-9(12)14-7/h5-6,8H,2-4H2,1H3. The SMILES string of the molecule is COC(=O)C1CCCN1C(=O)c1cncc(Cl)n1. The minimum Gasteiger partial charge on any atom is -0.467 e. The summed E-state index contributed by atoms with van der Waals surface area (Å²) in [6, 6.07) is -0.539. The van der Waals surface area contributed by atoms with E-state index < -0.39 is 12.0 Å². The molecule has 2 rings (SSSR count). The fourth-order valence-corrected chi connectivity index (χ4v) is 2.13. The third kappa shape index (κ3) is 2.43. The molecule has 1 amide bonds. The molecule has 1 saturated heterocycles. The Balaban J connectivity index is 2.20. The number of esters is 1. The second-order valence-electron chi connectivity index (χ2n) is 3.91. The molecule has 1 unspecified atom stereocenters. The molecule has 1 aromatic rings. The fraction of sp³-hybridized carbons (Fsp3) is 0.455. The zero-order chi connectivity index (χ0) is 13.1. The van der Waals surface area contributed by atoms with Gasteiger partial charge in [0.2, 0.25) is 0 Å². The number of ether oxygens (including phenoxy) is 1. The van der Waals surface area contributed by atoms with E-state index in [-0.39, 0.29) is 16.8 Å². The van der Waals surface area contributed by atoms with E-state index in [9.17, 15) is 9.59 Å². The number of methoxy groups -OCH3 is 1. The summed E-state index contributed by atoms with van der Waals surface area (Å²) in [5.41, 5.74) is 0.137.